The molecule has 1 N–H and O–H groups in total. The number of carboxylic acids is 1. The smallest absolute Gasteiger partial charge is 0.337 e. The van der Waals surface area contributed by atoms with Gasteiger partial charge in [0.15, 0.2) is 9.84 Å². The molecule has 0 aliphatic heterocycles. The Morgan fingerprint density at radius 2 is 1.44 bits per heavy atom. The van der Waals surface area contributed by atoms with E-state index in [0.717, 1.165) is 69.1 Å². The summed E-state index contributed by atoms with van der Waals surface area (Å²) < 4.78 is 54.7. The maximum absolute atomic E-state index is 13.5. The topological polar surface area (TPSA) is 109 Å². The summed E-state index contributed by atoms with van der Waals surface area (Å²) in [5.74, 6) is -1.85. The van der Waals surface area contributed by atoms with Crippen molar-refractivity contribution in [3.8, 4) is 0 Å². The quantitative estimate of drug-likeness (QED) is 0.270. The second-order valence-corrected chi connectivity index (χ2v) is 13.1. The van der Waals surface area contributed by atoms with Crippen molar-refractivity contribution in [2.45, 2.75) is 87.7 Å². The van der Waals surface area contributed by atoms with Crippen LogP contribution in [0.2, 0.25) is 0 Å². The molecule has 7 nitrogen and oxygen atoms in total. The van der Waals surface area contributed by atoms with Crippen LogP contribution in [0.3, 0.4) is 0 Å². The Bertz CT molecular complexity index is 1210. The molecule has 0 spiro atoms. The first kappa shape index (κ1) is 30.0. The van der Waals surface area contributed by atoms with E-state index in [1.165, 1.54) is 10.4 Å². The van der Waals surface area contributed by atoms with Gasteiger partial charge in [0.1, 0.15) is 0 Å². The van der Waals surface area contributed by atoms with E-state index in [4.69, 9.17) is 0 Å². The summed E-state index contributed by atoms with van der Waals surface area (Å²) in [5.41, 5.74) is 0.898. The van der Waals surface area contributed by atoms with Gasteiger partial charge in [-0.15, -0.1) is 0 Å². The Kier molecular flexibility index (Phi) is 11.6. The van der Waals surface area contributed by atoms with Crippen LogP contribution in [0.1, 0.15) is 86.7 Å². The molecular weight excluding hydrogens is 498 g/mol. The number of hydrogen-bond donors (Lipinski definition) is 1. The maximum Gasteiger partial charge on any atom is 0.337 e. The second kappa shape index (κ2) is 13.9. The summed E-state index contributed by atoms with van der Waals surface area (Å²) >= 11 is 0. The van der Waals surface area contributed by atoms with Gasteiger partial charge < -0.3 is 5.11 Å². The fourth-order valence-corrected chi connectivity index (χ4v) is 7.21. The van der Waals surface area contributed by atoms with Crippen LogP contribution in [-0.2, 0) is 25.6 Å². The molecule has 0 amide bonds. The minimum absolute atomic E-state index is 0.194. The van der Waals surface area contributed by atoms with Crippen LogP contribution in [0.25, 0.3) is 0 Å². The number of carbonyl (C=O) groups is 1. The first-order valence-corrected chi connectivity index (χ1v) is 15.8. The number of aromatic carboxylic acids is 1. The number of benzene rings is 2. The molecule has 2 aromatic rings. The molecule has 0 aromatic heterocycles. The average molecular weight is 538 g/mol. The number of hydrogen-bond acceptors (Lipinski definition) is 5. The third-order valence-electron chi connectivity index (χ3n) is 6.12. The van der Waals surface area contributed by atoms with Gasteiger partial charge in [-0.3, -0.25) is 0 Å². The van der Waals surface area contributed by atoms with E-state index in [-0.39, 0.29) is 15.5 Å². The highest BCUT2D eigenvalue weighted by Gasteiger charge is 2.29. The third-order valence-corrected chi connectivity index (χ3v) is 9.75. The number of rotatable bonds is 16. The molecular formula is C27H39NO6S2. The lowest BCUT2D eigenvalue weighted by Gasteiger charge is -2.23. The van der Waals surface area contributed by atoms with E-state index in [0.29, 0.717) is 18.7 Å². The van der Waals surface area contributed by atoms with Crippen molar-refractivity contribution in [2.24, 2.45) is 0 Å². The first-order valence-electron chi connectivity index (χ1n) is 12.7. The third kappa shape index (κ3) is 8.42. The summed E-state index contributed by atoms with van der Waals surface area (Å²) in [6, 6.07) is 10.3. The van der Waals surface area contributed by atoms with Gasteiger partial charge in [-0.1, -0.05) is 82.2 Å². The minimum Gasteiger partial charge on any atom is -0.478 e. The number of aryl methyl sites for hydroxylation is 1. The van der Waals surface area contributed by atoms with Crippen LogP contribution in [0, 0.1) is 6.92 Å². The van der Waals surface area contributed by atoms with Crippen LogP contribution in [-0.4, -0.2) is 45.3 Å². The standard InChI is InChI=1S/C27H39NO6S2/c1-4-6-8-10-17-28(18-11-9-7-5-2)36(33,34)24-15-16-26(25(20-24)27(29)30)35(31,32)21-23-14-12-13-22(3)19-23/h12-16,19-20H,4-11,17-18,21H2,1-3H3,(H,29,30). The Hall–Kier alpha value is -2.23. The largest absolute Gasteiger partial charge is 0.478 e. The molecule has 0 saturated heterocycles. The molecule has 0 unspecified atom stereocenters. The van der Waals surface area contributed by atoms with Gasteiger partial charge in [0.2, 0.25) is 10.0 Å². The van der Waals surface area contributed by atoms with E-state index in [1.807, 2.05) is 13.0 Å². The van der Waals surface area contributed by atoms with Gasteiger partial charge in [-0.2, -0.15) is 4.31 Å². The minimum atomic E-state index is -4.02. The predicted octanol–water partition coefficient (Wildman–Crippen LogP) is 5.82. The average Bonchev–Trinajstić information content (AvgIpc) is 2.82. The van der Waals surface area contributed by atoms with Crippen molar-refractivity contribution < 1.29 is 26.7 Å². The summed E-state index contributed by atoms with van der Waals surface area (Å²) in [7, 11) is -8.00. The number of nitrogens with zero attached hydrogens (tertiary/aromatic N) is 1. The van der Waals surface area contributed by atoms with E-state index < -0.39 is 31.4 Å². The number of unbranched alkanes of at least 4 members (excludes halogenated alkanes) is 6. The van der Waals surface area contributed by atoms with Gasteiger partial charge >= 0.3 is 5.97 Å². The highest BCUT2D eigenvalue weighted by molar-refractivity contribution is 7.90. The number of sulfone groups is 1. The molecule has 2 rings (SSSR count). The van der Waals surface area contributed by atoms with Crippen LogP contribution in [0.15, 0.2) is 52.3 Å². The van der Waals surface area contributed by atoms with E-state index in [9.17, 15) is 26.7 Å². The Labute approximate surface area is 216 Å². The summed E-state index contributed by atoms with van der Waals surface area (Å²) in [6.07, 6.45) is 7.35. The van der Waals surface area contributed by atoms with E-state index in [2.05, 4.69) is 13.8 Å². The summed E-state index contributed by atoms with van der Waals surface area (Å²) in [5, 5.41) is 9.80. The van der Waals surface area contributed by atoms with Crippen LogP contribution in [0.4, 0.5) is 0 Å². The molecule has 0 aliphatic rings. The zero-order chi connectivity index (χ0) is 26.8. The van der Waals surface area contributed by atoms with Crippen molar-refractivity contribution >= 4 is 25.8 Å². The molecule has 0 heterocycles. The van der Waals surface area contributed by atoms with E-state index in [1.54, 1.807) is 18.2 Å². The van der Waals surface area contributed by atoms with Crippen LogP contribution < -0.4 is 0 Å². The van der Waals surface area contributed by atoms with Gasteiger partial charge in [-0.05, 0) is 43.5 Å². The highest BCUT2D eigenvalue weighted by Crippen LogP contribution is 2.26. The van der Waals surface area contributed by atoms with Gasteiger partial charge in [-0.25, -0.2) is 21.6 Å². The van der Waals surface area contributed by atoms with Gasteiger partial charge in [0, 0.05) is 13.1 Å². The lowest BCUT2D eigenvalue weighted by molar-refractivity contribution is 0.0692. The van der Waals surface area contributed by atoms with Crippen molar-refractivity contribution in [1.29, 1.82) is 0 Å². The van der Waals surface area contributed by atoms with Crippen molar-refractivity contribution in [3.63, 3.8) is 0 Å². The Morgan fingerprint density at radius 1 is 0.833 bits per heavy atom. The predicted molar refractivity (Wildman–Crippen MR) is 143 cm³/mol. The zero-order valence-electron chi connectivity index (χ0n) is 21.6. The fourth-order valence-electron chi connectivity index (χ4n) is 4.14. The number of carboxylic acid groups (broad SMARTS) is 1. The van der Waals surface area contributed by atoms with Gasteiger partial charge in [0.25, 0.3) is 0 Å². The van der Waals surface area contributed by atoms with Crippen molar-refractivity contribution in [3.05, 3.63) is 59.2 Å². The molecule has 0 fully saturated rings. The maximum atomic E-state index is 13.5. The highest BCUT2D eigenvalue weighted by atomic mass is 32.2. The Morgan fingerprint density at radius 3 is 1.97 bits per heavy atom. The molecule has 0 bridgehead atoms. The van der Waals surface area contributed by atoms with E-state index >= 15 is 0 Å². The molecule has 0 radical (unpaired) electrons. The van der Waals surface area contributed by atoms with Crippen LogP contribution in [0.5, 0.6) is 0 Å². The SMILES string of the molecule is CCCCCCN(CCCCCC)S(=O)(=O)c1ccc(S(=O)(=O)Cc2cccc(C)c2)c(C(=O)O)c1. The molecule has 0 aliphatic carbocycles. The van der Waals surface area contributed by atoms with Crippen LogP contribution >= 0.6 is 0 Å². The zero-order valence-corrected chi connectivity index (χ0v) is 23.2. The fraction of sp³-hybridized carbons (Fsp3) is 0.519. The summed E-state index contributed by atoms with van der Waals surface area (Å²) in [6.45, 7) is 6.71. The second-order valence-electron chi connectivity index (χ2n) is 9.24. The van der Waals surface area contributed by atoms with Crippen molar-refractivity contribution in [1.82, 2.24) is 4.31 Å². The lowest BCUT2D eigenvalue weighted by atomic mass is 10.2. The number of sulfonamides is 1. The molecule has 0 atom stereocenters. The summed E-state index contributed by atoms with van der Waals surface area (Å²) in [4.78, 5) is 11.5. The molecule has 9 heteroatoms. The molecule has 2 aromatic carbocycles. The molecule has 0 saturated carbocycles. The monoisotopic (exact) mass is 537 g/mol. The molecule has 36 heavy (non-hydrogen) atoms. The first-order chi connectivity index (χ1) is 17.0. The normalized spacial score (nSPS) is 12.2. The lowest BCUT2D eigenvalue weighted by Crippen LogP contribution is -2.33. The Balaban J connectivity index is 2.39. The van der Waals surface area contributed by atoms with Crippen molar-refractivity contribution in [2.75, 3.05) is 13.1 Å². The van der Waals surface area contributed by atoms with Gasteiger partial charge in [0.05, 0.1) is 21.1 Å². The molecule has 200 valence electrons.